The number of carbonyl (C=O) groups is 1. The van der Waals surface area contributed by atoms with E-state index in [0.29, 0.717) is 25.4 Å². The van der Waals surface area contributed by atoms with E-state index in [-0.39, 0.29) is 24.1 Å². The maximum Gasteiger partial charge on any atom is 0.332 e. The summed E-state index contributed by atoms with van der Waals surface area (Å²) in [7, 11) is 0. The fraction of sp³-hybridized carbons (Fsp3) is 0.640. The molecular weight excluding hydrogens is 380 g/mol. The number of hydrogen-bond acceptors (Lipinski definition) is 5. The van der Waals surface area contributed by atoms with E-state index in [0.717, 1.165) is 36.8 Å². The van der Waals surface area contributed by atoms with Crippen LogP contribution in [0.15, 0.2) is 47.1 Å². The molecule has 0 unspecified atom stereocenters. The SMILES string of the molecule is C=C1C(=CC=C2CCC[C@]3(C)C([C@H](C)OCC(=O)OCC)=CC[C@@H]23)C[C@@H](O)C[C@@H]1O. The number of aliphatic hydroxyl groups is 2. The predicted molar refractivity (Wildman–Crippen MR) is 117 cm³/mol. The van der Waals surface area contributed by atoms with Crippen LogP contribution in [0.1, 0.15) is 59.3 Å². The second-order valence-corrected chi connectivity index (χ2v) is 9.05. The standard InChI is InChI=1S/C25H36O5/c1-5-29-24(28)15-30-17(3)21-10-11-22-18(7-6-12-25(21,22)4)8-9-19-13-20(26)14-23(27)16(19)2/h8-10,17,20,22-23,26-27H,2,5-7,11-15H2,1,3-4H3/t17-,20+,22-,23-,25+/m0/s1. The van der Waals surface area contributed by atoms with E-state index in [2.05, 4.69) is 25.7 Å². The van der Waals surface area contributed by atoms with Crippen LogP contribution < -0.4 is 0 Å². The number of esters is 1. The zero-order valence-corrected chi connectivity index (χ0v) is 18.5. The number of aliphatic hydroxyl groups excluding tert-OH is 2. The van der Waals surface area contributed by atoms with Gasteiger partial charge in [0.25, 0.3) is 0 Å². The van der Waals surface area contributed by atoms with Crippen molar-refractivity contribution in [1.82, 2.24) is 0 Å². The lowest BCUT2D eigenvalue weighted by atomic mass is 9.63. The van der Waals surface area contributed by atoms with Crippen molar-refractivity contribution < 1.29 is 24.5 Å². The van der Waals surface area contributed by atoms with E-state index in [4.69, 9.17) is 9.47 Å². The molecule has 0 heterocycles. The van der Waals surface area contributed by atoms with Crippen molar-refractivity contribution in [1.29, 1.82) is 0 Å². The highest BCUT2D eigenvalue weighted by Gasteiger charge is 2.46. The molecule has 0 amide bonds. The highest BCUT2D eigenvalue weighted by Crippen LogP contribution is 2.55. The molecule has 0 aliphatic heterocycles. The molecule has 166 valence electrons. The van der Waals surface area contributed by atoms with Gasteiger partial charge in [-0.3, -0.25) is 0 Å². The highest BCUT2D eigenvalue weighted by molar-refractivity contribution is 5.70. The van der Waals surface area contributed by atoms with E-state index in [1.54, 1.807) is 6.92 Å². The minimum absolute atomic E-state index is 0.0192. The molecule has 0 spiro atoms. The van der Waals surface area contributed by atoms with Crippen LogP contribution in [0.2, 0.25) is 0 Å². The van der Waals surface area contributed by atoms with E-state index >= 15 is 0 Å². The third kappa shape index (κ3) is 4.79. The molecule has 2 saturated carbocycles. The van der Waals surface area contributed by atoms with E-state index in [1.165, 1.54) is 11.1 Å². The summed E-state index contributed by atoms with van der Waals surface area (Å²) in [4.78, 5) is 11.7. The Kier molecular flexibility index (Phi) is 7.38. The van der Waals surface area contributed by atoms with Crippen LogP contribution in [0.4, 0.5) is 0 Å². The molecule has 3 aliphatic carbocycles. The predicted octanol–water partition coefficient (Wildman–Crippen LogP) is 4.02. The molecule has 0 bridgehead atoms. The van der Waals surface area contributed by atoms with E-state index in [9.17, 15) is 15.0 Å². The minimum Gasteiger partial charge on any atom is -0.464 e. The lowest BCUT2D eigenvalue weighted by Crippen LogP contribution is -2.35. The van der Waals surface area contributed by atoms with Gasteiger partial charge in [-0.25, -0.2) is 4.79 Å². The number of ether oxygens (including phenoxy) is 2. The summed E-state index contributed by atoms with van der Waals surface area (Å²) in [5.41, 5.74) is 4.38. The molecule has 30 heavy (non-hydrogen) atoms. The first-order chi connectivity index (χ1) is 14.3. The molecule has 2 fully saturated rings. The lowest BCUT2D eigenvalue weighted by molar-refractivity contribution is -0.149. The topological polar surface area (TPSA) is 76.0 Å². The van der Waals surface area contributed by atoms with Crippen molar-refractivity contribution in [2.24, 2.45) is 11.3 Å². The molecule has 2 N–H and O–H groups in total. The third-order valence-corrected chi connectivity index (χ3v) is 7.07. The Bertz CT molecular complexity index is 762. The third-order valence-electron chi connectivity index (χ3n) is 7.07. The van der Waals surface area contributed by atoms with Gasteiger partial charge >= 0.3 is 5.97 Å². The van der Waals surface area contributed by atoms with Crippen LogP contribution >= 0.6 is 0 Å². The molecule has 0 saturated heterocycles. The van der Waals surface area contributed by atoms with Gasteiger partial charge in [0.15, 0.2) is 0 Å². The van der Waals surface area contributed by atoms with Gasteiger partial charge < -0.3 is 19.7 Å². The Balaban J connectivity index is 1.72. The number of fused-ring (bicyclic) bond motifs is 1. The van der Waals surface area contributed by atoms with Gasteiger partial charge in [-0.05, 0) is 74.0 Å². The zero-order valence-electron chi connectivity index (χ0n) is 18.5. The first-order valence-electron chi connectivity index (χ1n) is 11.2. The minimum atomic E-state index is -0.660. The second-order valence-electron chi connectivity index (χ2n) is 9.05. The summed E-state index contributed by atoms with van der Waals surface area (Å²) in [6, 6.07) is 0. The monoisotopic (exact) mass is 416 g/mol. The molecule has 3 aliphatic rings. The largest absolute Gasteiger partial charge is 0.464 e. The van der Waals surface area contributed by atoms with Gasteiger partial charge in [-0.2, -0.15) is 0 Å². The van der Waals surface area contributed by atoms with Gasteiger partial charge in [-0.15, -0.1) is 0 Å². The summed E-state index contributed by atoms with van der Waals surface area (Å²) in [5.74, 6) is 0.0936. The Hall–Kier alpha value is -1.69. The maximum absolute atomic E-state index is 11.7. The normalized spacial score (nSPS) is 35.3. The smallest absolute Gasteiger partial charge is 0.332 e. The number of hydrogen-bond donors (Lipinski definition) is 2. The van der Waals surface area contributed by atoms with Crippen molar-refractivity contribution in [2.75, 3.05) is 13.2 Å². The molecule has 3 rings (SSSR count). The van der Waals surface area contributed by atoms with Crippen molar-refractivity contribution in [3.63, 3.8) is 0 Å². The van der Waals surface area contributed by atoms with E-state index < -0.39 is 12.2 Å². The molecule has 0 aromatic carbocycles. The van der Waals surface area contributed by atoms with Crippen LogP contribution in [0.5, 0.6) is 0 Å². The number of allylic oxidation sites excluding steroid dienone is 4. The van der Waals surface area contributed by atoms with Crippen molar-refractivity contribution in [3.05, 3.63) is 47.1 Å². The van der Waals surface area contributed by atoms with Crippen LogP contribution in [0.3, 0.4) is 0 Å². The van der Waals surface area contributed by atoms with Gasteiger partial charge in [-0.1, -0.05) is 37.3 Å². The van der Waals surface area contributed by atoms with Crippen LogP contribution in [-0.2, 0) is 14.3 Å². The summed E-state index contributed by atoms with van der Waals surface area (Å²) in [5, 5.41) is 20.1. The van der Waals surface area contributed by atoms with Gasteiger partial charge in [0.05, 0.1) is 24.9 Å². The highest BCUT2D eigenvalue weighted by atomic mass is 16.6. The van der Waals surface area contributed by atoms with Crippen molar-refractivity contribution >= 4 is 5.97 Å². The summed E-state index contributed by atoms with van der Waals surface area (Å²) >= 11 is 0. The van der Waals surface area contributed by atoms with Crippen LogP contribution in [-0.4, -0.2) is 47.7 Å². The van der Waals surface area contributed by atoms with Crippen molar-refractivity contribution in [2.45, 2.75) is 77.6 Å². The molecule has 5 atom stereocenters. The molecule has 0 radical (unpaired) electrons. The van der Waals surface area contributed by atoms with E-state index in [1.807, 2.05) is 13.0 Å². The molecule has 5 heteroatoms. The fourth-order valence-corrected chi connectivity index (χ4v) is 5.43. The number of carbonyl (C=O) groups excluding carboxylic acids is 1. The molecule has 0 aromatic rings. The average molecular weight is 417 g/mol. The maximum atomic E-state index is 11.7. The lowest BCUT2D eigenvalue weighted by Gasteiger charge is -2.42. The van der Waals surface area contributed by atoms with Crippen molar-refractivity contribution in [3.8, 4) is 0 Å². The Morgan fingerprint density at radius 2 is 2.17 bits per heavy atom. The van der Waals surface area contributed by atoms with Gasteiger partial charge in [0, 0.05) is 6.42 Å². The molecule has 0 aromatic heterocycles. The average Bonchev–Trinajstić information content (AvgIpc) is 3.05. The number of rotatable bonds is 6. The first-order valence-corrected chi connectivity index (χ1v) is 11.2. The fourth-order valence-electron chi connectivity index (χ4n) is 5.43. The zero-order chi connectivity index (χ0) is 21.9. The first kappa shape index (κ1) is 23.0. The van der Waals surface area contributed by atoms with Gasteiger partial charge in [0.1, 0.15) is 6.61 Å². The summed E-state index contributed by atoms with van der Waals surface area (Å²) in [6.45, 7) is 10.5. The summed E-state index contributed by atoms with van der Waals surface area (Å²) < 4.78 is 10.8. The van der Waals surface area contributed by atoms with Crippen LogP contribution in [0, 0.1) is 11.3 Å². The molecular formula is C25H36O5. The Morgan fingerprint density at radius 3 is 2.90 bits per heavy atom. The Labute approximate surface area is 180 Å². The quantitative estimate of drug-likeness (QED) is 0.505. The Morgan fingerprint density at radius 1 is 1.40 bits per heavy atom. The van der Waals surface area contributed by atoms with Crippen LogP contribution in [0.25, 0.3) is 0 Å². The summed E-state index contributed by atoms with van der Waals surface area (Å²) in [6.07, 6.45) is 10.4. The second kappa shape index (κ2) is 9.63. The van der Waals surface area contributed by atoms with Gasteiger partial charge in [0.2, 0.25) is 0 Å². The molecule has 5 nitrogen and oxygen atoms in total.